The first-order valence-corrected chi connectivity index (χ1v) is 6.31. The molecular weight excluding hydrogens is 258 g/mol. The van der Waals surface area contributed by atoms with E-state index in [9.17, 15) is 4.79 Å². The molecule has 0 heterocycles. The summed E-state index contributed by atoms with van der Waals surface area (Å²) >= 11 is 0. The zero-order chi connectivity index (χ0) is 15.1. The fourth-order valence-electron chi connectivity index (χ4n) is 1.75. The van der Waals surface area contributed by atoms with Gasteiger partial charge in [0.2, 0.25) is 11.7 Å². The van der Waals surface area contributed by atoms with Crippen LogP contribution in [0.3, 0.4) is 0 Å². The van der Waals surface area contributed by atoms with Crippen LogP contribution < -0.4 is 19.5 Å². The molecule has 0 saturated heterocycles. The maximum absolute atomic E-state index is 11.6. The van der Waals surface area contributed by atoms with Gasteiger partial charge in [-0.05, 0) is 32.1 Å². The van der Waals surface area contributed by atoms with Crippen LogP contribution in [0.2, 0.25) is 0 Å². The van der Waals surface area contributed by atoms with Crippen LogP contribution in [0.1, 0.15) is 19.4 Å². The Hall–Kier alpha value is -2.17. The summed E-state index contributed by atoms with van der Waals surface area (Å²) in [6, 6.07) is 3.67. The van der Waals surface area contributed by atoms with Gasteiger partial charge in [-0.25, -0.2) is 0 Å². The normalized spacial score (nSPS) is 10.7. The SMILES string of the molecule is COc1ccc(/C=C/C(=O)NC(C)C)c(OC)c1OC. The van der Waals surface area contributed by atoms with Crippen molar-refractivity contribution in [3.63, 3.8) is 0 Å². The fourth-order valence-corrected chi connectivity index (χ4v) is 1.75. The molecule has 0 aliphatic heterocycles. The lowest BCUT2D eigenvalue weighted by molar-refractivity contribution is -0.116. The van der Waals surface area contributed by atoms with Gasteiger partial charge in [0.25, 0.3) is 0 Å². The molecule has 0 aliphatic carbocycles. The largest absolute Gasteiger partial charge is 0.493 e. The Labute approximate surface area is 119 Å². The molecule has 1 N–H and O–H groups in total. The molecule has 0 aliphatic rings. The van der Waals surface area contributed by atoms with Crippen LogP contribution in [0.5, 0.6) is 17.2 Å². The van der Waals surface area contributed by atoms with E-state index in [-0.39, 0.29) is 11.9 Å². The highest BCUT2D eigenvalue weighted by Gasteiger charge is 2.14. The molecule has 110 valence electrons. The van der Waals surface area contributed by atoms with Gasteiger partial charge in [0.1, 0.15) is 0 Å². The number of amides is 1. The summed E-state index contributed by atoms with van der Waals surface area (Å²) in [6.45, 7) is 3.81. The molecule has 0 fully saturated rings. The summed E-state index contributed by atoms with van der Waals surface area (Å²) in [7, 11) is 4.64. The first-order valence-electron chi connectivity index (χ1n) is 6.31. The van der Waals surface area contributed by atoms with Crippen LogP contribution in [0.4, 0.5) is 0 Å². The van der Waals surface area contributed by atoms with Crippen LogP contribution in [0.15, 0.2) is 18.2 Å². The van der Waals surface area contributed by atoms with E-state index in [1.165, 1.54) is 6.08 Å². The van der Waals surface area contributed by atoms with E-state index in [2.05, 4.69) is 5.32 Å². The van der Waals surface area contributed by atoms with E-state index in [1.54, 1.807) is 39.5 Å². The van der Waals surface area contributed by atoms with Crippen LogP contribution in [-0.2, 0) is 4.79 Å². The van der Waals surface area contributed by atoms with Gasteiger partial charge >= 0.3 is 0 Å². The lowest BCUT2D eigenvalue weighted by atomic mass is 10.1. The van der Waals surface area contributed by atoms with Crippen molar-refractivity contribution in [2.75, 3.05) is 21.3 Å². The predicted octanol–water partition coefficient (Wildman–Crippen LogP) is 2.25. The van der Waals surface area contributed by atoms with Crippen molar-refractivity contribution in [3.05, 3.63) is 23.8 Å². The third kappa shape index (κ3) is 3.91. The standard InChI is InChI=1S/C15H21NO4/c1-10(2)16-13(17)9-7-11-6-8-12(18-3)15(20-5)14(11)19-4/h6-10H,1-5H3,(H,16,17)/b9-7+. The van der Waals surface area contributed by atoms with Crippen LogP contribution in [0.25, 0.3) is 6.08 Å². The number of ether oxygens (including phenoxy) is 3. The second-order valence-corrected chi connectivity index (χ2v) is 4.42. The number of benzene rings is 1. The number of nitrogens with one attached hydrogen (secondary N) is 1. The van der Waals surface area contributed by atoms with Gasteiger partial charge in [0, 0.05) is 17.7 Å². The maximum Gasteiger partial charge on any atom is 0.244 e. The summed E-state index contributed by atoms with van der Waals surface area (Å²) in [5, 5.41) is 2.78. The number of carbonyl (C=O) groups is 1. The van der Waals surface area contributed by atoms with Crippen LogP contribution in [0, 0.1) is 0 Å². The Kier molecular flexibility index (Phi) is 5.90. The van der Waals surface area contributed by atoms with E-state index in [4.69, 9.17) is 14.2 Å². The first-order chi connectivity index (χ1) is 9.53. The van der Waals surface area contributed by atoms with Gasteiger partial charge in [0.05, 0.1) is 21.3 Å². The molecule has 0 aromatic heterocycles. The highest BCUT2D eigenvalue weighted by molar-refractivity contribution is 5.92. The summed E-state index contributed by atoms with van der Waals surface area (Å²) in [5.74, 6) is 1.45. The molecule has 0 unspecified atom stereocenters. The molecule has 0 saturated carbocycles. The minimum absolute atomic E-state index is 0.0967. The average molecular weight is 279 g/mol. The van der Waals surface area contributed by atoms with Gasteiger partial charge in [-0.15, -0.1) is 0 Å². The van der Waals surface area contributed by atoms with E-state index in [1.807, 2.05) is 13.8 Å². The quantitative estimate of drug-likeness (QED) is 0.811. The summed E-state index contributed by atoms with van der Waals surface area (Å²) in [6.07, 6.45) is 3.14. The fraction of sp³-hybridized carbons (Fsp3) is 0.400. The molecule has 0 bridgehead atoms. The molecule has 1 amide bonds. The second kappa shape index (κ2) is 7.43. The first kappa shape index (κ1) is 15.9. The van der Waals surface area contributed by atoms with Crippen molar-refractivity contribution in [1.82, 2.24) is 5.32 Å². The van der Waals surface area contributed by atoms with Crippen molar-refractivity contribution < 1.29 is 19.0 Å². The van der Waals surface area contributed by atoms with E-state index >= 15 is 0 Å². The summed E-state index contributed by atoms with van der Waals surface area (Å²) < 4.78 is 15.8. The average Bonchev–Trinajstić information content (AvgIpc) is 2.42. The lowest BCUT2D eigenvalue weighted by Gasteiger charge is -2.14. The zero-order valence-electron chi connectivity index (χ0n) is 12.5. The molecule has 0 spiro atoms. The topological polar surface area (TPSA) is 56.8 Å². The molecule has 0 radical (unpaired) electrons. The van der Waals surface area contributed by atoms with Gasteiger partial charge in [-0.3, -0.25) is 4.79 Å². The minimum atomic E-state index is -0.156. The van der Waals surface area contributed by atoms with Crippen molar-refractivity contribution in [1.29, 1.82) is 0 Å². The molecule has 1 rings (SSSR count). The number of methoxy groups -OCH3 is 3. The monoisotopic (exact) mass is 279 g/mol. The highest BCUT2D eigenvalue weighted by atomic mass is 16.5. The van der Waals surface area contributed by atoms with Gasteiger partial charge < -0.3 is 19.5 Å². The van der Waals surface area contributed by atoms with Crippen molar-refractivity contribution >= 4 is 12.0 Å². The van der Waals surface area contributed by atoms with Crippen LogP contribution >= 0.6 is 0 Å². The Morgan fingerprint density at radius 1 is 1.10 bits per heavy atom. The molecule has 20 heavy (non-hydrogen) atoms. The molecule has 1 aromatic rings. The lowest BCUT2D eigenvalue weighted by Crippen LogP contribution is -2.28. The number of hydrogen-bond acceptors (Lipinski definition) is 4. The smallest absolute Gasteiger partial charge is 0.244 e. The number of hydrogen-bond donors (Lipinski definition) is 1. The third-order valence-electron chi connectivity index (χ3n) is 2.58. The maximum atomic E-state index is 11.6. The zero-order valence-corrected chi connectivity index (χ0v) is 12.5. The number of rotatable bonds is 6. The van der Waals surface area contributed by atoms with Crippen LogP contribution in [-0.4, -0.2) is 33.3 Å². The highest BCUT2D eigenvalue weighted by Crippen LogP contribution is 2.40. The van der Waals surface area contributed by atoms with E-state index < -0.39 is 0 Å². The third-order valence-corrected chi connectivity index (χ3v) is 2.58. The number of carbonyl (C=O) groups excluding carboxylic acids is 1. The van der Waals surface area contributed by atoms with Crippen molar-refractivity contribution in [2.45, 2.75) is 19.9 Å². The second-order valence-electron chi connectivity index (χ2n) is 4.42. The van der Waals surface area contributed by atoms with Gasteiger partial charge in [-0.2, -0.15) is 0 Å². The Bertz CT molecular complexity index is 495. The summed E-state index contributed by atoms with van der Waals surface area (Å²) in [4.78, 5) is 11.6. The van der Waals surface area contributed by atoms with E-state index in [0.717, 1.165) is 5.56 Å². The minimum Gasteiger partial charge on any atom is -0.493 e. The van der Waals surface area contributed by atoms with Crippen molar-refractivity contribution in [3.8, 4) is 17.2 Å². The molecule has 1 aromatic carbocycles. The van der Waals surface area contributed by atoms with E-state index in [0.29, 0.717) is 17.2 Å². The Morgan fingerprint density at radius 3 is 2.25 bits per heavy atom. The van der Waals surface area contributed by atoms with Crippen molar-refractivity contribution in [2.24, 2.45) is 0 Å². The Balaban J connectivity index is 3.07. The molecule has 5 nitrogen and oxygen atoms in total. The van der Waals surface area contributed by atoms with Gasteiger partial charge in [-0.1, -0.05) is 0 Å². The van der Waals surface area contributed by atoms with Gasteiger partial charge in [0.15, 0.2) is 11.5 Å². The molecule has 5 heteroatoms. The molecular formula is C15H21NO4. The Morgan fingerprint density at radius 2 is 1.75 bits per heavy atom. The molecule has 0 atom stereocenters. The predicted molar refractivity (Wildman–Crippen MR) is 78.4 cm³/mol. The summed E-state index contributed by atoms with van der Waals surface area (Å²) in [5.41, 5.74) is 0.740.